The highest BCUT2D eigenvalue weighted by atomic mass is 32.2. The predicted octanol–water partition coefficient (Wildman–Crippen LogP) is 1.91. The SMILES string of the molecule is Cc1cc(F)ccc1S(=O)(=O)N1CCCC12CCCN(C)C2=O. The lowest BCUT2D eigenvalue weighted by molar-refractivity contribution is -0.142. The molecule has 0 aliphatic carbocycles. The van der Waals surface area contributed by atoms with Gasteiger partial charge in [0.25, 0.3) is 0 Å². The van der Waals surface area contributed by atoms with Gasteiger partial charge in [0.2, 0.25) is 15.9 Å². The Bertz CT molecular complexity index is 750. The van der Waals surface area contributed by atoms with E-state index in [1.165, 1.54) is 16.4 Å². The van der Waals surface area contributed by atoms with Crippen LogP contribution in [0.2, 0.25) is 0 Å². The van der Waals surface area contributed by atoms with Crippen molar-refractivity contribution in [1.29, 1.82) is 0 Å². The predicted molar refractivity (Wildman–Crippen MR) is 83.9 cm³/mol. The summed E-state index contributed by atoms with van der Waals surface area (Å²) >= 11 is 0. The number of aryl methyl sites for hydroxylation is 1. The van der Waals surface area contributed by atoms with E-state index < -0.39 is 21.4 Å². The van der Waals surface area contributed by atoms with Crippen LogP contribution in [0.5, 0.6) is 0 Å². The lowest BCUT2D eigenvalue weighted by Crippen LogP contribution is -2.60. The smallest absolute Gasteiger partial charge is 0.244 e. The molecule has 0 radical (unpaired) electrons. The molecule has 1 aromatic rings. The number of nitrogens with zero attached hydrogens (tertiary/aromatic N) is 2. The Hall–Kier alpha value is -1.47. The Labute approximate surface area is 136 Å². The van der Waals surface area contributed by atoms with Gasteiger partial charge in [0, 0.05) is 20.1 Å². The van der Waals surface area contributed by atoms with Gasteiger partial charge in [-0.05, 0) is 56.4 Å². The second-order valence-electron chi connectivity index (χ2n) is 6.45. The number of hydrogen-bond donors (Lipinski definition) is 0. The molecule has 2 heterocycles. The minimum atomic E-state index is -3.83. The molecule has 2 aliphatic rings. The van der Waals surface area contributed by atoms with Crippen LogP contribution < -0.4 is 0 Å². The van der Waals surface area contributed by atoms with Gasteiger partial charge in [-0.2, -0.15) is 4.31 Å². The van der Waals surface area contributed by atoms with Crippen LogP contribution in [0.25, 0.3) is 0 Å². The van der Waals surface area contributed by atoms with Crippen molar-refractivity contribution in [2.45, 2.75) is 43.0 Å². The molecule has 1 amide bonds. The Balaban J connectivity index is 2.07. The van der Waals surface area contributed by atoms with Crippen LogP contribution in [-0.4, -0.2) is 49.2 Å². The summed E-state index contributed by atoms with van der Waals surface area (Å²) in [5.74, 6) is -0.587. The van der Waals surface area contributed by atoms with E-state index in [4.69, 9.17) is 0 Å². The molecule has 0 aromatic heterocycles. The normalized spacial score (nSPS) is 26.2. The topological polar surface area (TPSA) is 57.7 Å². The lowest BCUT2D eigenvalue weighted by atomic mass is 9.87. The standard InChI is InChI=1S/C16H21FN2O3S/c1-12-11-13(17)5-6-14(12)23(21,22)19-10-4-8-16(19)7-3-9-18(2)15(16)20/h5-6,11H,3-4,7-10H2,1-2H3. The highest BCUT2D eigenvalue weighted by molar-refractivity contribution is 7.89. The van der Waals surface area contributed by atoms with Crippen LogP contribution >= 0.6 is 0 Å². The van der Waals surface area contributed by atoms with E-state index in [1.54, 1.807) is 18.9 Å². The zero-order chi connectivity index (χ0) is 16.8. The molecule has 0 N–H and O–H groups in total. The van der Waals surface area contributed by atoms with Crippen molar-refractivity contribution in [3.63, 3.8) is 0 Å². The molecular weight excluding hydrogens is 319 g/mol. The molecule has 126 valence electrons. The number of rotatable bonds is 2. The highest BCUT2D eigenvalue weighted by Gasteiger charge is 2.55. The van der Waals surface area contributed by atoms with E-state index in [-0.39, 0.29) is 10.8 Å². The molecule has 2 aliphatic heterocycles. The molecular formula is C16H21FN2O3S. The maximum absolute atomic E-state index is 13.3. The van der Waals surface area contributed by atoms with E-state index in [1.807, 2.05) is 0 Å². The van der Waals surface area contributed by atoms with E-state index in [9.17, 15) is 17.6 Å². The number of sulfonamides is 1. The molecule has 1 atom stereocenters. The van der Waals surface area contributed by atoms with Crippen LogP contribution in [0, 0.1) is 12.7 Å². The number of hydrogen-bond acceptors (Lipinski definition) is 3. The summed E-state index contributed by atoms with van der Waals surface area (Å²) in [5.41, 5.74) is -0.601. The molecule has 2 saturated heterocycles. The molecule has 1 aromatic carbocycles. The summed E-state index contributed by atoms with van der Waals surface area (Å²) in [6.45, 7) is 2.57. The van der Waals surface area contributed by atoms with Crippen LogP contribution in [0.4, 0.5) is 4.39 Å². The largest absolute Gasteiger partial charge is 0.344 e. The van der Waals surface area contributed by atoms with Crippen LogP contribution in [0.15, 0.2) is 23.1 Å². The lowest BCUT2D eigenvalue weighted by Gasteiger charge is -2.42. The van der Waals surface area contributed by atoms with Crippen molar-refractivity contribution in [2.75, 3.05) is 20.1 Å². The maximum Gasteiger partial charge on any atom is 0.244 e. The highest BCUT2D eigenvalue weighted by Crippen LogP contribution is 2.41. The second kappa shape index (κ2) is 5.56. The number of carbonyl (C=O) groups is 1. The summed E-state index contributed by atoms with van der Waals surface area (Å²) in [7, 11) is -2.11. The van der Waals surface area contributed by atoms with E-state index in [0.717, 1.165) is 12.5 Å². The molecule has 0 saturated carbocycles. The third kappa shape index (κ3) is 2.46. The van der Waals surface area contributed by atoms with Crippen molar-refractivity contribution in [1.82, 2.24) is 9.21 Å². The first kappa shape index (κ1) is 16.4. The van der Waals surface area contributed by atoms with Crippen LogP contribution in [0.1, 0.15) is 31.2 Å². The van der Waals surface area contributed by atoms with Crippen molar-refractivity contribution < 1.29 is 17.6 Å². The molecule has 3 rings (SSSR count). The van der Waals surface area contributed by atoms with Crippen molar-refractivity contribution >= 4 is 15.9 Å². The second-order valence-corrected chi connectivity index (χ2v) is 8.28. The van der Waals surface area contributed by atoms with Gasteiger partial charge in [-0.3, -0.25) is 4.79 Å². The van der Waals surface area contributed by atoms with Gasteiger partial charge >= 0.3 is 0 Å². The fourth-order valence-electron chi connectivity index (χ4n) is 3.86. The Morgan fingerprint density at radius 2 is 1.83 bits per heavy atom. The third-order valence-electron chi connectivity index (χ3n) is 4.96. The minimum Gasteiger partial charge on any atom is -0.344 e. The van der Waals surface area contributed by atoms with Gasteiger partial charge in [0.05, 0.1) is 4.90 Å². The average molecular weight is 340 g/mol. The van der Waals surface area contributed by atoms with Crippen molar-refractivity contribution in [3.05, 3.63) is 29.6 Å². The summed E-state index contributed by atoms with van der Waals surface area (Å²) in [6.07, 6.45) is 2.56. The molecule has 23 heavy (non-hydrogen) atoms. The Morgan fingerprint density at radius 3 is 2.48 bits per heavy atom. The zero-order valence-corrected chi connectivity index (χ0v) is 14.2. The van der Waals surface area contributed by atoms with Crippen LogP contribution in [-0.2, 0) is 14.8 Å². The van der Waals surface area contributed by atoms with Crippen molar-refractivity contribution in [2.24, 2.45) is 0 Å². The van der Waals surface area contributed by atoms with E-state index >= 15 is 0 Å². The number of piperidine rings is 1. The van der Waals surface area contributed by atoms with Gasteiger partial charge in [-0.1, -0.05) is 0 Å². The van der Waals surface area contributed by atoms with Crippen molar-refractivity contribution in [3.8, 4) is 0 Å². The quantitative estimate of drug-likeness (QED) is 0.826. The summed E-state index contributed by atoms with van der Waals surface area (Å²) in [5, 5.41) is 0. The van der Waals surface area contributed by atoms with E-state index in [2.05, 4.69) is 0 Å². The van der Waals surface area contributed by atoms with Gasteiger partial charge < -0.3 is 4.90 Å². The minimum absolute atomic E-state index is 0.0844. The Morgan fingerprint density at radius 1 is 1.17 bits per heavy atom. The molecule has 1 unspecified atom stereocenters. The first-order valence-corrected chi connectivity index (χ1v) is 9.28. The zero-order valence-electron chi connectivity index (χ0n) is 13.4. The monoisotopic (exact) mass is 340 g/mol. The summed E-state index contributed by atoms with van der Waals surface area (Å²) in [4.78, 5) is 14.4. The summed E-state index contributed by atoms with van der Waals surface area (Å²) in [6, 6.07) is 3.66. The first-order valence-electron chi connectivity index (χ1n) is 7.84. The molecule has 7 heteroatoms. The molecule has 0 bridgehead atoms. The van der Waals surface area contributed by atoms with Gasteiger partial charge in [-0.15, -0.1) is 0 Å². The fraction of sp³-hybridized carbons (Fsp3) is 0.562. The molecule has 2 fully saturated rings. The number of halogens is 1. The number of likely N-dealkylation sites (tertiary alicyclic amines) is 1. The average Bonchev–Trinajstić information content (AvgIpc) is 2.90. The Kier molecular flexibility index (Phi) is 3.96. The fourth-order valence-corrected chi connectivity index (χ4v) is 5.89. The number of likely N-dealkylation sites (N-methyl/N-ethyl adjacent to an activating group) is 1. The van der Waals surface area contributed by atoms with Crippen LogP contribution in [0.3, 0.4) is 0 Å². The first-order chi connectivity index (χ1) is 10.8. The van der Waals surface area contributed by atoms with Gasteiger partial charge in [0.15, 0.2) is 0 Å². The maximum atomic E-state index is 13.3. The summed E-state index contributed by atoms with van der Waals surface area (Å²) < 4.78 is 40.9. The number of carbonyl (C=O) groups excluding carboxylic acids is 1. The number of benzene rings is 1. The molecule has 1 spiro atoms. The molecule has 5 nitrogen and oxygen atoms in total. The van der Waals surface area contributed by atoms with Gasteiger partial charge in [-0.25, -0.2) is 12.8 Å². The number of amides is 1. The van der Waals surface area contributed by atoms with E-state index in [0.29, 0.717) is 37.9 Å². The third-order valence-corrected chi connectivity index (χ3v) is 7.09. The van der Waals surface area contributed by atoms with Gasteiger partial charge in [0.1, 0.15) is 11.4 Å².